The summed E-state index contributed by atoms with van der Waals surface area (Å²) in [4.78, 5) is 21.3. The second kappa shape index (κ2) is 6.67. The van der Waals surface area contributed by atoms with Gasteiger partial charge in [0.1, 0.15) is 11.5 Å². The number of carbonyl (C=O) groups is 1. The number of aryl methyl sites for hydroxylation is 2. The highest BCUT2D eigenvalue weighted by Crippen LogP contribution is 2.37. The van der Waals surface area contributed by atoms with Crippen LogP contribution in [0.25, 0.3) is 11.3 Å². The summed E-state index contributed by atoms with van der Waals surface area (Å²) < 4.78 is 11.0. The second-order valence-electron chi connectivity index (χ2n) is 5.69. The van der Waals surface area contributed by atoms with Crippen LogP contribution in [0.1, 0.15) is 21.6 Å². The van der Waals surface area contributed by atoms with Crippen molar-refractivity contribution in [1.29, 1.82) is 0 Å². The Morgan fingerprint density at radius 1 is 1.19 bits per heavy atom. The molecule has 8 heteroatoms. The van der Waals surface area contributed by atoms with Gasteiger partial charge in [-0.05, 0) is 43.2 Å². The molecule has 3 rings (SSSR count). The van der Waals surface area contributed by atoms with Gasteiger partial charge in [-0.2, -0.15) is 0 Å². The molecule has 3 aromatic rings. The summed E-state index contributed by atoms with van der Waals surface area (Å²) in [6.45, 7) is 3.73. The molecule has 0 aliphatic rings. The second-order valence-corrected chi connectivity index (χ2v) is 5.69. The third kappa shape index (κ3) is 3.39. The minimum atomic E-state index is -1.19. The quantitative estimate of drug-likeness (QED) is 0.534. The highest BCUT2D eigenvalue weighted by atomic mass is 16.6. The van der Waals surface area contributed by atoms with Crippen molar-refractivity contribution >= 4 is 11.7 Å². The number of rotatable bonds is 5. The van der Waals surface area contributed by atoms with E-state index in [9.17, 15) is 14.9 Å². The lowest BCUT2D eigenvalue weighted by atomic mass is 10.0. The number of carboxylic acids is 1. The van der Waals surface area contributed by atoms with Crippen LogP contribution in [0.5, 0.6) is 11.5 Å². The van der Waals surface area contributed by atoms with E-state index in [1.165, 1.54) is 30.3 Å². The Labute approximate surface area is 147 Å². The van der Waals surface area contributed by atoms with E-state index >= 15 is 0 Å². The maximum absolute atomic E-state index is 11.0. The Morgan fingerprint density at radius 3 is 2.46 bits per heavy atom. The van der Waals surface area contributed by atoms with Gasteiger partial charge in [0.25, 0.3) is 5.69 Å². The van der Waals surface area contributed by atoms with Crippen LogP contribution in [0.2, 0.25) is 0 Å². The Kier molecular flexibility index (Phi) is 4.40. The van der Waals surface area contributed by atoms with Gasteiger partial charge in [0.05, 0.1) is 10.5 Å². The predicted octanol–water partition coefficient (Wildman–Crippen LogP) is 4.36. The van der Waals surface area contributed by atoms with Gasteiger partial charge in [-0.25, -0.2) is 4.79 Å². The third-order valence-electron chi connectivity index (χ3n) is 3.69. The summed E-state index contributed by atoms with van der Waals surface area (Å²) in [5.41, 5.74) is 2.06. The van der Waals surface area contributed by atoms with Crippen molar-refractivity contribution in [2.75, 3.05) is 0 Å². The van der Waals surface area contributed by atoms with E-state index in [0.29, 0.717) is 17.1 Å². The normalized spacial score (nSPS) is 10.5. The number of nitrogens with zero attached hydrogens (tertiary/aromatic N) is 2. The van der Waals surface area contributed by atoms with Crippen LogP contribution in [0.4, 0.5) is 5.69 Å². The van der Waals surface area contributed by atoms with Crippen LogP contribution >= 0.6 is 0 Å². The van der Waals surface area contributed by atoms with Gasteiger partial charge in [0, 0.05) is 18.2 Å². The van der Waals surface area contributed by atoms with Gasteiger partial charge >= 0.3 is 5.97 Å². The zero-order chi connectivity index (χ0) is 18.8. The zero-order valence-electron chi connectivity index (χ0n) is 13.9. The highest BCUT2D eigenvalue weighted by molar-refractivity contribution is 5.87. The number of aromatic carboxylic acids is 1. The lowest BCUT2D eigenvalue weighted by Gasteiger charge is -2.13. The third-order valence-corrected chi connectivity index (χ3v) is 3.69. The molecule has 1 aromatic heterocycles. The number of benzene rings is 2. The first kappa shape index (κ1) is 17.2. The first-order chi connectivity index (χ1) is 12.3. The molecule has 0 saturated carbocycles. The molecule has 0 saturated heterocycles. The fourth-order valence-electron chi connectivity index (χ4n) is 2.58. The Hall–Kier alpha value is -3.68. The number of non-ortho nitro benzene ring substituents is 1. The van der Waals surface area contributed by atoms with E-state index in [2.05, 4.69) is 5.16 Å². The molecule has 26 heavy (non-hydrogen) atoms. The van der Waals surface area contributed by atoms with Crippen LogP contribution < -0.4 is 4.74 Å². The van der Waals surface area contributed by atoms with E-state index < -0.39 is 10.9 Å². The number of aromatic nitrogens is 1. The molecule has 0 radical (unpaired) electrons. The molecular weight excluding hydrogens is 340 g/mol. The Balaban J connectivity index is 2.03. The van der Waals surface area contributed by atoms with E-state index in [0.717, 1.165) is 11.1 Å². The molecule has 0 fully saturated rings. The van der Waals surface area contributed by atoms with Gasteiger partial charge in [-0.1, -0.05) is 11.2 Å². The molecule has 0 spiro atoms. The SMILES string of the molecule is Cc1cc(C)c(-c2cc(C(=O)O)no2)c(Oc2ccc([N+](=O)[O-])cc2)c1. The van der Waals surface area contributed by atoms with Gasteiger partial charge < -0.3 is 14.4 Å². The van der Waals surface area contributed by atoms with Gasteiger partial charge in [-0.15, -0.1) is 0 Å². The largest absolute Gasteiger partial charge is 0.476 e. The standard InChI is InChI=1S/C18H14N2O6/c1-10-7-11(2)17(16-9-14(18(21)22)19-26-16)15(8-10)25-13-5-3-12(4-6-13)20(23)24/h3-9H,1-2H3,(H,21,22). The summed E-state index contributed by atoms with van der Waals surface area (Å²) in [5, 5.41) is 23.3. The fraction of sp³-hybridized carbons (Fsp3) is 0.111. The number of ether oxygens (including phenoxy) is 1. The lowest BCUT2D eigenvalue weighted by Crippen LogP contribution is -1.95. The predicted molar refractivity (Wildman–Crippen MR) is 91.5 cm³/mol. The smallest absolute Gasteiger partial charge is 0.358 e. The molecule has 0 aliphatic carbocycles. The maximum atomic E-state index is 11.0. The number of hydrogen-bond donors (Lipinski definition) is 1. The molecule has 8 nitrogen and oxygen atoms in total. The van der Waals surface area contributed by atoms with Crippen LogP contribution in [-0.2, 0) is 0 Å². The molecule has 132 valence electrons. The molecule has 0 aliphatic heterocycles. The summed E-state index contributed by atoms with van der Waals surface area (Å²) in [7, 11) is 0. The molecule has 0 unspecified atom stereocenters. The van der Waals surface area contributed by atoms with Crippen molar-refractivity contribution in [2.24, 2.45) is 0 Å². The van der Waals surface area contributed by atoms with Gasteiger partial charge in [-0.3, -0.25) is 10.1 Å². The number of carboxylic acid groups (broad SMARTS) is 1. The van der Waals surface area contributed by atoms with Crippen molar-refractivity contribution in [3.8, 4) is 22.8 Å². The molecule has 0 amide bonds. The minimum Gasteiger partial charge on any atom is -0.476 e. The minimum absolute atomic E-state index is 0.0423. The number of nitro benzene ring substituents is 1. The highest BCUT2D eigenvalue weighted by Gasteiger charge is 2.19. The van der Waals surface area contributed by atoms with E-state index in [1.807, 2.05) is 19.9 Å². The van der Waals surface area contributed by atoms with Crippen molar-refractivity contribution in [3.05, 3.63) is 69.4 Å². The van der Waals surface area contributed by atoms with Crippen LogP contribution in [0, 0.1) is 24.0 Å². The maximum Gasteiger partial charge on any atom is 0.358 e. The first-order valence-electron chi connectivity index (χ1n) is 7.59. The summed E-state index contributed by atoms with van der Waals surface area (Å²) >= 11 is 0. The van der Waals surface area contributed by atoms with E-state index in [4.69, 9.17) is 14.4 Å². The lowest BCUT2D eigenvalue weighted by molar-refractivity contribution is -0.384. The summed E-state index contributed by atoms with van der Waals surface area (Å²) in [5.74, 6) is -0.0938. The van der Waals surface area contributed by atoms with E-state index in [1.54, 1.807) is 6.07 Å². The Morgan fingerprint density at radius 2 is 1.88 bits per heavy atom. The van der Waals surface area contributed by atoms with Crippen LogP contribution in [0.15, 0.2) is 47.0 Å². The van der Waals surface area contributed by atoms with Crippen LogP contribution in [0.3, 0.4) is 0 Å². The van der Waals surface area contributed by atoms with Crippen molar-refractivity contribution in [3.63, 3.8) is 0 Å². The molecule has 1 heterocycles. The van der Waals surface area contributed by atoms with Crippen LogP contribution in [-0.4, -0.2) is 21.2 Å². The average molecular weight is 354 g/mol. The van der Waals surface area contributed by atoms with E-state index in [-0.39, 0.29) is 17.1 Å². The first-order valence-corrected chi connectivity index (χ1v) is 7.59. The Bertz CT molecular complexity index is 991. The molecule has 2 aromatic carbocycles. The molecule has 0 bridgehead atoms. The van der Waals surface area contributed by atoms with Crippen molar-refractivity contribution in [1.82, 2.24) is 5.16 Å². The topological polar surface area (TPSA) is 116 Å². The summed E-state index contributed by atoms with van der Waals surface area (Å²) in [6.07, 6.45) is 0. The van der Waals surface area contributed by atoms with Crippen molar-refractivity contribution < 1.29 is 24.1 Å². The summed E-state index contributed by atoms with van der Waals surface area (Å²) in [6, 6.07) is 10.7. The molecule has 1 N–H and O–H groups in total. The zero-order valence-corrected chi connectivity index (χ0v) is 13.9. The number of hydrogen-bond acceptors (Lipinski definition) is 6. The number of nitro groups is 1. The molecule has 0 atom stereocenters. The monoisotopic (exact) mass is 354 g/mol. The van der Waals surface area contributed by atoms with Gasteiger partial charge in [0.15, 0.2) is 11.5 Å². The van der Waals surface area contributed by atoms with Gasteiger partial charge in [0.2, 0.25) is 0 Å². The average Bonchev–Trinajstić information content (AvgIpc) is 3.04. The van der Waals surface area contributed by atoms with Crippen molar-refractivity contribution in [2.45, 2.75) is 13.8 Å². The fourth-order valence-corrected chi connectivity index (χ4v) is 2.58. The molecular formula is C18H14N2O6.